The van der Waals surface area contributed by atoms with Crippen LogP contribution in [0.25, 0.3) is 0 Å². The van der Waals surface area contributed by atoms with Crippen molar-refractivity contribution in [3.05, 3.63) is 29.8 Å². The first-order chi connectivity index (χ1) is 12.1. The number of amidine groups is 1. The van der Waals surface area contributed by atoms with E-state index in [1.807, 2.05) is 29.2 Å². The maximum atomic E-state index is 12.3. The van der Waals surface area contributed by atoms with E-state index in [2.05, 4.69) is 11.9 Å². The average molecular weight is 398 g/mol. The highest BCUT2D eigenvalue weighted by Crippen LogP contribution is 2.29. The van der Waals surface area contributed by atoms with Crippen molar-refractivity contribution in [2.45, 2.75) is 51.4 Å². The molecule has 3 rings (SSSR count). The number of nitrogens with zero attached hydrogens (tertiary/aromatic N) is 3. The van der Waals surface area contributed by atoms with Gasteiger partial charge in [0.15, 0.2) is 5.17 Å². The summed E-state index contributed by atoms with van der Waals surface area (Å²) in [4.78, 5) is 21.3. The van der Waals surface area contributed by atoms with E-state index < -0.39 is 0 Å². The summed E-state index contributed by atoms with van der Waals surface area (Å²) in [6.07, 6.45) is 5.03. The van der Waals surface area contributed by atoms with Gasteiger partial charge in [-0.2, -0.15) is 0 Å². The summed E-state index contributed by atoms with van der Waals surface area (Å²) in [6.45, 7) is 2.25. The first-order valence-corrected chi connectivity index (χ1v) is 9.90. The molecule has 0 spiro atoms. The van der Waals surface area contributed by atoms with E-state index in [9.17, 15) is 4.79 Å². The topological polar surface area (TPSA) is 45.1 Å². The van der Waals surface area contributed by atoms with Gasteiger partial charge in [0.2, 0.25) is 5.91 Å². The molecule has 1 aliphatic carbocycles. The molecule has 1 saturated carbocycles. The van der Waals surface area contributed by atoms with Crippen LogP contribution >= 0.6 is 24.2 Å². The van der Waals surface area contributed by atoms with Crippen LogP contribution < -0.4 is 4.74 Å². The second kappa shape index (κ2) is 9.51. The van der Waals surface area contributed by atoms with Crippen molar-refractivity contribution >= 4 is 35.2 Å². The zero-order valence-corrected chi connectivity index (χ0v) is 17.3. The Labute approximate surface area is 166 Å². The largest absolute Gasteiger partial charge is 0.497 e. The zero-order chi connectivity index (χ0) is 17.8. The Hall–Kier alpha value is -1.40. The van der Waals surface area contributed by atoms with Gasteiger partial charge < -0.3 is 14.5 Å². The first kappa shape index (κ1) is 20.9. The highest BCUT2D eigenvalue weighted by molar-refractivity contribution is 8.14. The van der Waals surface area contributed by atoms with E-state index in [4.69, 9.17) is 9.73 Å². The highest BCUT2D eigenvalue weighted by atomic mass is 35.5. The molecule has 1 saturated heterocycles. The van der Waals surface area contributed by atoms with Gasteiger partial charge in [-0.25, -0.2) is 0 Å². The number of methoxy groups -OCH3 is 1. The zero-order valence-electron chi connectivity index (χ0n) is 15.7. The van der Waals surface area contributed by atoms with Crippen LogP contribution in [0.5, 0.6) is 5.75 Å². The Bertz CT molecular complexity index is 632. The van der Waals surface area contributed by atoms with Gasteiger partial charge >= 0.3 is 0 Å². The summed E-state index contributed by atoms with van der Waals surface area (Å²) in [6, 6.07) is 8.38. The molecule has 1 aromatic rings. The molecule has 1 aliphatic heterocycles. The molecule has 144 valence electrons. The van der Waals surface area contributed by atoms with E-state index in [-0.39, 0.29) is 24.5 Å². The standard InChI is InChI=1S/C19H27N3O2S.ClH/c1-14(23)22(12-15-8-10-17(24-3)11-9-15)18-13-25-19(21(18)2)20-16-6-4-5-7-16;/h8-11,16,18H,4-7,12-13H2,1-3H3;1H. The predicted octanol–water partition coefficient (Wildman–Crippen LogP) is 3.77. The summed E-state index contributed by atoms with van der Waals surface area (Å²) in [5, 5.41) is 1.08. The summed E-state index contributed by atoms with van der Waals surface area (Å²) in [7, 11) is 3.72. The number of halogens is 1. The number of rotatable bonds is 5. The average Bonchev–Trinajstić information content (AvgIpc) is 3.24. The SMILES string of the molecule is COc1ccc(CN(C(C)=O)C2CSC(=NC3CCCC3)N2C)cc1.Cl. The van der Waals surface area contributed by atoms with Crippen molar-refractivity contribution in [1.82, 2.24) is 9.80 Å². The minimum atomic E-state index is 0. The Morgan fingerprint density at radius 3 is 2.54 bits per heavy atom. The summed E-state index contributed by atoms with van der Waals surface area (Å²) in [5.74, 6) is 1.80. The van der Waals surface area contributed by atoms with E-state index in [1.165, 1.54) is 25.7 Å². The molecule has 0 N–H and O–H groups in total. The third-order valence-electron chi connectivity index (χ3n) is 5.00. The van der Waals surface area contributed by atoms with Crippen molar-refractivity contribution in [1.29, 1.82) is 0 Å². The third kappa shape index (κ3) is 4.86. The van der Waals surface area contributed by atoms with Gasteiger partial charge in [-0.15, -0.1) is 12.4 Å². The minimum Gasteiger partial charge on any atom is -0.497 e. The number of carbonyl (C=O) groups excluding carboxylic acids is 1. The molecule has 0 radical (unpaired) electrons. The number of ether oxygens (including phenoxy) is 1. The molecule has 7 heteroatoms. The van der Waals surface area contributed by atoms with E-state index in [0.717, 1.165) is 22.2 Å². The number of thioether (sulfide) groups is 1. The number of amides is 1. The second-order valence-electron chi connectivity index (χ2n) is 6.75. The molecule has 0 aromatic heterocycles. The summed E-state index contributed by atoms with van der Waals surface area (Å²) >= 11 is 1.77. The van der Waals surface area contributed by atoms with Gasteiger partial charge in [-0.3, -0.25) is 9.79 Å². The van der Waals surface area contributed by atoms with Gasteiger partial charge in [0.25, 0.3) is 0 Å². The Kier molecular flexibility index (Phi) is 7.65. The van der Waals surface area contributed by atoms with Crippen LogP contribution in [0, 0.1) is 0 Å². The lowest BCUT2D eigenvalue weighted by Crippen LogP contribution is -2.47. The molecule has 2 aliphatic rings. The fourth-order valence-electron chi connectivity index (χ4n) is 3.46. The Balaban J connectivity index is 0.00000243. The van der Waals surface area contributed by atoms with E-state index in [0.29, 0.717) is 12.6 Å². The molecule has 1 aromatic carbocycles. The number of hydrogen-bond donors (Lipinski definition) is 0. The number of aliphatic imine (C=N–C) groups is 1. The molecule has 1 amide bonds. The lowest BCUT2D eigenvalue weighted by molar-refractivity contribution is -0.133. The second-order valence-corrected chi connectivity index (χ2v) is 7.73. The third-order valence-corrected chi connectivity index (χ3v) is 6.12. The van der Waals surface area contributed by atoms with Crippen LogP contribution in [0.3, 0.4) is 0 Å². The lowest BCUT2D eigenvalue weighted by Gasteiger charge is -2.33. The fraction of sp³-hybridized carbons (Fsp3) is 0.579. The monoisotopic (exact) mass is 397 g/mol. The number of carbonyl (C=O) groups is 1. The molecule has 26 heavy (non-hydrogen) atoms. The number of benzene rings is 1. The molecule has 2 fully saturated rings. The van der Waals surface area contributed by atoms with Crippen LogP contribution in [0.4, 0.5) is 0 Å². The molecule has 0 bridgehead atoms. The number of hydrogen-bond acceptors (Lipinski definition) is 4. The van der Waals surface area contributed by atoms with E-state index in [1.54, 1.807) is 25.8 Å². The maximum absolute atomic E-state index is 12.3. The maximum Gasteiger partial charge on any atom is 0.221 e. The van der Waals surface area contributed by atoms with Crippen molar-refractivity contribution in [3.63, 3.8) is 0 Å². The van der Waals surface area contributed by atoms with Gasteiger partial charge in [-0.1, -0.05) is 36.7 Å². The molecule has 1 unspecified atom stereocenters. The fourth-order valence-corrected chi connectivity index (χ4v) is 4.71. The van der Waals surface area contributed by atoms with Gasteiger partial charge in [0.1, 0.15) is 11.9 Å². The van der Waals surface area contributed by atoms with Gasteiger partial charge in [0, 0.05) is 26.3 Å². The molecule has 1 heterocycles. The molecule has 1 atom stereocenters. The van der Waals surface area contributed by atoms with Crippen LogP contribution in [-0.2, 0) is 11.3 Å². The summed E-state index contributed by atoms with van der Waals surface area (Å²) < 4.78 is 5.21. The van der Waals surface area contributed by atoms with Crippen molar-refractivity contribution < 1.29 is 9.53 Å². The highest BCUT2D eigenvalue weighted by Gasteiger charge is 2.34. The van der Waals surface area contributed by atoms with Gasteiger partial charge in [0.05, 0.1) is 13.2 Å². The van der Waals surface area contributed by atoms with Crippen LogP contribution in [0.15, 0.2) is 29.3 Å². The lowest BCUT2D eigenvalue weighted by atomic mass is 10.2. The Morgan fingerprint density at radius 1 is 1.31 bits per heavy atom. The first-order valence-electron chi connectivity index (χ1n) is 8.92. The molecular weight excluding hydrogens is 370 g/mol. The predicted molar refractivity (Wildman–Crippen MR) is 110 cm³/mol. The van der Waals surface area contributed by atoms with Crippen molar-refractivity contribution in [2.24, 2.45) is 4.99 Å². The smallest absolute Gasteiger partial charge is 0.221 e. The molecule has 5 nitrogen and oxygen atoms in total. The quantitative estimate of drug-likeness (QED) is 0.758. The van der Waals surface area contributed by atoms with Crippen LogP contribution in [0.1, 0.15) is 38.2 Å². The minimum absolute atomic E-state index is 0. The van der Waals surface area contributed by atoms with Gasteiger partial charge in [-0.05, 0) is 30.5 Å². The Morgan fingerprint density at radius 2 is 1.96 bits per heavy atom. The molecular formula is C19H28ClN3O2S. The van der Waals surface area contributed by atoms with Crippen molar-refractivity contribution in [2.75, 3.05) is 19.9 Å². The normalized spacial score (nSPS) is 21.7. The van der Waals surface area contributed by atoms with Crippen LogP contribution in [-0.4, -0.2) is 53.0 Å². The van der Waals surface area contributed by atoms with E-state index >= 15 is 0 Å². The summed E-state index contributed by atoms with van der Waals surface area (Å²) in [5.41, 5.74) is 1.11. The van der Waals surface area contributed by atoms with Crippen LogP contribution in [0.2, 0.25) is 0 Å². The van der Waals surface area contributed by atoms with Crippen molar-refractivity contribution in [3.8, 4) is 5.75 Å².